The molecule has 3 rings (SSSR count). The van der Waals surface area contributed by atoms with Gasteiger partial charge in [-0.2, -0.15) is 0 Å². The number of nitrogen functional groups attached to an aromatic ring is 1. The minimum Gasteiger partial charge on any atom is -0.351 e. The first kappa shape index (κ1) is 19.3. The Morgan fingerprint density at radius 2 is 1.93 bits per heavy atom. The van der Waals surface area contributed by atoms with Crippen LogP contribution >= 0.6 is 23.4 Å². The molecule has 0 aliphatic carbocycles. The molecule has 0 saturated heterocycles. The van der Waals surface area contributed by atoms with E-state index in [1.807, 2.05) is 49.4 Å². The van der Waals surface area contributed by atoms with Gasteiger partial charge in [0.25, 0.3) is 0 Å². The first-order valence-electron chi connectivity index (χ1n) is 8.41. The van der Waals surface area contributed by atoms with Gasteiger partial charge in [-0.05, 0) is 25.5 Å². The second kappa shape index (κ2) is 8.45. The second-order valence-electron chi connectivity index (χ2n) is 6.11. The topological polar surface area (TPSA) is 85.8 Å². The van der Waals surface area contributed by atoms with Crippen molar-refractivity contribution in [2.75, 3.05) is 5.84 Å². The summed E-state index contributed by atoms with van der Waals surface area (Å²) in [6.07, 6.45) is 0. The van der Waals surface area contributed by atoms with Gasteiger partial charge < -0.3 is 11.2 Å². The van der Waals surface area contributed by atoms with Crippen molar-refractivity contribution in [1.29, 1.82) is 0 Å². The molecule has 0 saturated carbocycles. The van der Waals surface area contributed by atoms with Gasteiger partial charge >= 0.3 is 0 Å². The van der Waals surface area contributed by atoms with Crippen LogP contribution in [0.4, 0.5) is 0 Å². The van der Waals surface area contributed by atoms with E-state index in [1.165, 1.54) is 16.4 Å². The van der Waals surface area contributed by atoms with Crippen molar-refractivity contribution < 1.29 is 4.79 Å². The summed E-state index contributed by atoms with van der Waals surface area (Å²) in [5, 5.41) is 11.9. The quantitative estimate of drug-likeness (QED) is 0.488. The van der Waals surface area contributed by atoms with E-state index in [0.717, 1.165) is 16.7 Å². The molecule has 3 N–H and O–H groups in total. The smallest absolute Gasteiger partial charge is 0.233 e. The van der Waals surface area contributed by atoms with E-state index in [-0.39, 0.29) is 11.2 Å². The maximum absolute atomic E-state index is 12.4. The first-order valence-corrected chi connectivity index (χ1v) is 9.67. The number of amides is 1. The first-order chi connectivity index (χ1) is 13.0. The maximum atomic E-state index is 12.4. The van der Waals surface area contributed by atoms with Gasteiger partial charge in [0.15, 0.2) is 5.82 Å². The van der Waals surface area contributed by atoms with Gasteiger partial charge in [-0.25, -0.2) is 4.68 Å². The average Bonchev–Trinajstić information content (AvgIpc) is 3.02. The van der Waals surface area contributed by atoms with Gasteiger partial charge in [-0.1, -0.05) is 71.4 Å². The SMILES string of the molecule is Cc1ccc(-c2nnc(S[C@H](C)C(=O)NCc3ccccc3Cl)n2N)cc1. The Hall–Kier alpha value is -2.51. The van der Waals surface area contributed by atoms with Crippen LogP contribution in [0.15, 0.2) is 53.7 Å². The molecular formula is C19H20ClN5OS. The molecule has 140 valence electrons. The standard InChI is InChI=1S/C19H20ClN5OS/c1-12-7-9-14(10-8-12)17-23-24-19(25(17)21)27-13(2)18(26)22-11-15-5-3-4-6-16(15)20/h3-10,13H,11,21H2,1-2H3,(H,22,26)/t13-/m1/s1. The van der Waals surface area contributed by atoms with Crippen molar-refractivity contribution in [3.8, 4) is 11.4 Å². The zero-order chi connectivity index (χ0) is 19.4. The molecule has 0 bridgehead atoms. The van der Waals surface area contributed by atoms with Crippen LogP contribution < -0.4 is 11.2 Å². The van der Waals surface area contributed by atoms with Crippen LogP contribution in [0.25, 0.3) is 11.4 Å². The number of nitrogens with two attached hydrogens (primary N) is 1. The summed E-state index contributed by atoms with van der Waals surface area (Å²) in [7, 11) is 0. The highest BCUT2D eigenvalue weighted by atomic mass is 35.5. The van der Waals surface area contributed by atoms with Crippen LogP contribution in [0.2, 0.25) is 5.02 Å². The van der Waals surface area contributed by atoms with E-state index < -0.39 is 0 Å². The molecule has 3 aromatic rings. The van der Waals surface area contributed by atoms with Crippen LogP contribution in [0.1, 0.15) is 18.1 Å². The molecular weight excluding hydrogens is 382 g/mol. The summed E-state index contributed by atoms with van der Waals surface area (Å²) in [4.78, 5) is 12.4. The number of nitrogens with one attached hydrogen (secondary N) is 1. The molecule has 1 amide bonds. The monoisotopic (exact) mass is 401 g/mol. The van der Waals surface area contributed by atoms with Gasteiger partial charge in [-0.3, -0.25) is 4.79 Å². The minimum absolute atomic E-state index is 0.125. The number of carbonyl (C=O) groups is 1. The fraction of sp³-hybridized carbons (Fsp3) is 0.211. The Labute approximate surface area is 167 Å². The van der Waals surface area contributed by atoms with Crippen molar-refractivity contribution in [3.63, 3.8) is 0 Å². The van der Waals surface area contributed by atoms with Gasteiger partial charge in [-0.15, -0.1) is 10.2 Å². The molecule has 1 atom stereocenters. The highest BCUT2D eigenvalue weighted by Gasteiger charge is 2.20. The van der Waals surface area contributed by atoms with Gasteiger partial charge in [0.05, 0.1) is 5.25 Å². The van der Waals surface area contributed by atoms with Gasteiger partial charge in [0.1, 0.15) is 0 Å². The highest BCUT2D eigenvalue weighted by molar-refractivity contribution is 8.00. The normalized spacial score (nSPS) is 12.0. The van der Waals surface area contributed by atoms with Gasteiger partial charge in [0, 0.05) is 17.1 Å². The van der Waals surface area contributed by atoms with E-state index in [0.29, 0.717) is 22.5 Å². The number of hydrogen-bond acceptors (Lipinski definition) is 5. The molecule has 0 aliphatic rings. The number of hydrogen-bond donors (Lipinski definition) is 2. The molecule has 1 aromatic heterocycles. The summed E-state index contributed by atoms with van der Waals surface area (Å²) in [6.45, 7) is 4.18. The van der Waals surface area contributed by atoms with Crippen LogP contribution in [0.3, 0.4) is 0 Å². The number of benzene rings is 2. The summed E-state index contributed by atoms with van der Waals surface area (Å²) in [5.74, 6) is 6.56. The van der Waals surface area contributed by atoms with Crippen molar-refractivity contribution in [1.82, 2.24) is 20.2 Å². The van der Waals surface area contributed by atoms with E-state index in [2.05, 4.69) is 15.5 Å². The number of aromatic nitrogens is 3. The molecule has 0 radical (unpaired) electrons. The third-order valence-corrected chi connectivity index (χ3v) is 5.46. The number of halogens is 1. The van der Waals surface area contributed by atoms with Crippen molar-refractivity contribution in [3.05, 3.63) is 64.7 Å². The number of thioether (sulfide) groups is 1. The molecule has 0 unspecified atom stereocenters. The average molecular weight is 402 g/mol. The van der Waals surface area contributed by atoms with Gasteiger partial charge in [0.2, 0.25) is 11.1 Å². The lowest BCUT2D eigenvalue weighted by molar-refractivity contribution is -0.120. The van der Waals surface area contributed by atoms with E-state index in [9.17, 15) is 4.79 Å². The molecule has 0 fully saturated rings. The summed E-state index contributed by atoms with van der Waals surface area (Å²) < 4.78 is 1.41. The summed E-state index contributed by atoms with van der Waals surface area (Å²) >= 11 is 7.37. The van der Waals surface area contributed by atoms with Crippen LogP contribution in [-0.2, 0) is 11.3 Å². The molecule has 8 heteroatoms. The molecule has 6 nitrogen and oxygen atoms in total. The third-order valence-electron chi connectivity index (χ3n) is 4.04. The van der Waals surface area contributed by atoms with Crippen molar-refractivity contribution in [2.24, 2.45) is 0 Å². The second-order valence-corrected chi connectivity index (χ2v) is 7.83. The number of rotatable bonds is 6. The molecule has 27 heavy (non-hydrogen) atoms. The fourth-order valence-electron chi connectivity index (χ4n) is 2.44. The summed E-state index contributed by atoms with van der Waals surface area (Å²) in [5.41, 5.74) is 2.90. The van der Waals surface area contributed by atoms with E-state index in [1.54, 1.807) is 13.0 Å². The predicted octanol–water partition coefficient (Wildman–Crippen LogP) is 3.42. The fourth-order valence-corrected chi connectivity index (χ4v) is 3.43. The number of carbonyl (C=O) groups excluding carboxylic acids is 1. The van der Waals surface area contributed by atoms with Crippen LogP contribution in [0, 0.1) is 6.92 Å². The highest BCUT2D eigenvalue weighted by Crippen LogP contribution is 2.25. The van der Waals surface area contributed by atoms with E-state index in [4.69, 9.17) is 17.4 Å². The largest absolute Gasteiger partial charge is 0.351 e. The Morgan fingerprint density at radius 3 is 2.63 bits per heavy atom. The Kier molecular flexibility index (Phi) is 6.03. The Bertz CT molecular complexity index is 942. The zero-order valence-electron chi connectivity index (χ0n) is 15.0. The Balaban J connectivity index is 1.64. The third kappa shape index (κ3) is 4.61. The lowest BCUT2D eigenvalue weighted by atomic mass is 10.1. The number of nitrogens with zero attached hydrogens (tertiary/aromatic N) is 3. The minimum atomic E-state index is -0.384. The van der Waals surface area contributed by atoms with E-state index >= 15 is 0 Å². The predicted molar refractivity (Wildman–Crippen MR) is 109 cm³/mol. The maximum Gasteiger partial charge on any atom is 0.233 e. The Morgan fingerprint density at radius 1 is 1.22 bits per heavy atom. The lowest BCUT2D eigenvalue weighted by Crippen LogP contribution is -2.31. The summed E-state index contributed by atoms with van der Waals surface area (Å²) in [6, 6.07) is 15.3. The van der Waals surface area contributed by atoms with Crippen LogP contribution in [0.5, 0.6) is 0 Å². The number of aryl methyl sites for hydroxylation is 1. The molecule has 1 heterocycles. The van der Waals surface area contributed by atoms with Crippen molar-refractivity contribution >= 4 is 29.3 Å². The molecule has 0 aliphatic heterocycles. The van der Waals surface area contributed by atoms with Crippen LogP contribution in [-0.4, -0.2) is 26.0 Å². The van der Waals surface area contributed by atoms with Crippen molar-refractivity contribution in [2.45, 2.75) is 30.8 Å². The lowest BCUT2D eigenvalue weighted by Gasteiger charge is -2.12. The molecule has 2 aromatic carbocycles. The molecule has 0 spiro atoms. The zero-order valence-corrected chi connectivity index (χ0v) is 16.6.